The number of rotatable bonds is 4. The van der Waals surface area contributed by atoms with E-state index in [1.807, 2.05) is 12.1 Å². The van der Waals surface area contributed by atoms with E-state index in [1.54, 1.807) is 32.3 Å². The van der Waals surface area contributed by atoms with Gasteiger partial charge in [-0.25, -0.2) is 0 Å². The van der Waals surface area contributed by atoms with E-state index in [9.17, 15) is 9.59 Å². The van der Waals surface area contributed by atoms with Crippen LogP contribution in [-0.4, -0.2) is 37.4 Å². The van der Waals surface area contributed by atoms with Gasteiger partial charge in [0.05, 0.1) is 6.54 Å². The van der Waals surface area contributed by atoms with Crippen molar-refractivity contribution in [1.29, 1.82) is 0 Å². The Kier molecular flexibility index (Phi) is 4.92. The highest BCUT2D eigenvalue weighted by molar-refractivity contribution is 5.94. The van der Waals surface area contributed by atoms with E-state index in [0.717, 1.165) is 5.56 Å². The number of nitrogens with one attached hydrogen (secondary N) is 1. The highest BCUT2D eigenvalue weighted by Crippen LogP contribution is 2.07. The van der Waals surface area contributed by atoms with Gasteiger partial charge in [0.2, 0.25) is 11.8 Å². The summed E-state index contributed by atoms with van der Waals surface area (Å²) in [6.45, 7) is -0.00684. The van der Waals surface area contributed by atoms with Gasteiger partial charge in [-0.05, 0) is 23.8 Å². The number of amides is 2. The van der Waals surface area contributed by atoms with Crippen molar-refractivity contribution in [3.05, 3.63) is 35.9 Å². The number of nitrogens with two attached hydrogens (primary N) is 1. The van der Waals surface area contributed by atoms with Crippen molar-refractivity contribution in [2.24, 2.45) is 0 Å². The highest BCUT2D eigenvalue weighted by atomic mass is 16.2. The molecule has 0 heterocycles. The molecule has 5 heteroatoms. The molecule has 2 amide bonds. The molecule has 18 heavy (non-hydrogen) atoms. The Bertz CT molecular complexity index is 467. The molecule has 0 bridgehead atoms. The van der Waals surface area contributed by atoms with Crippen LogP contribution in [0.4, 0.5) is 5.69 Å². The first kappa shape index (κ1) is 13.8. The van der Waals surface area contributed by atoms with Crippen molar-refractivity contribution in [1.82, 2.24) is 10.2 Å². The fourth-order valence-electron chi connectivity index (χ4n) is 1.21. The molecule has 0 atom stereocenters. The van der Waals surface area contributed by atoms with Crippen molar-refractivity contribution in [2.45, 2.75) is 0 Å². The summed E-state index contributed by atoms with van der Waals surface area (Å²) < 4.78 is 0. The summed E-state index contributed by atoms with van der Waals surface area (Å²) in [4.78, 5) is 24.1. The molecule has 3 N–H and O–H groups in total. The Morgan fingerprint density at radius 3 is 2.72 bits per heavy atom. The van der Waals surface area contributed by atoms with Crippen molar-refractivity contribution in [3.8, 4) is 0 Å². The SMILES string of the molecule is CN(C)C(=O)CNC(=O)/C=C/c1cccc(N)c1. The molecule has 0 aliphatic carbocycles. The lowest BCUT2D eigenvalue weighted by Gasteiger charge is -2.09. The molecule has 96 valence electrons. The van der Waals surface area contributed by atoms with Gasteiger partial charge in [0, 0.05) is 25.9 Å². The quantitative estimate of drug-likeness (QED) is 0.600. The van der Waals surface area contributed by atoms with E-state index < -0.39 is 0 Å². The number of carbonyl (C=O) groups excluding carboxylic acids is 2. The molecule has 0 saturated heterocycles. The lowest BCUT2D eigenvalue weighted by Crippen LogP contribution is -2.35. The maximum Gasteiger partial charge on any atom is 0.244 e. The summed E-state index contributed by atoms with van der Waals surface area (Å²) in [6.07, 6.45) is 3.02. The molecule has 1 aromatic carbocycles. The van der Waals surface area contributed by atoms with E-state index in [0.29, 0.717) is 5.69 Å². The topological polar surface area (TPSA) is 75.4 Å². The van der Waals surface area contributed by atoms with Gasteiger partial charge < -0.3 is 16.0 Å². The van der Waals surface area contributed by atoms with E-state index >= 15 is 0 Å². The van der Waals surface area contributed by atoms with E-state index in [1.165, 1.54) is 11.0 Å². The minimum absolute atomic E-state index is 0.00684. The first-order valence-electron chi connectivity index (χ1n) is 5.50. The maximum atomic E-state index is 11.4. The number of nitrogens with zero attached hydrogens (tertiary/aromatic N) is 1. The second-order valence-corrected chi connectivity index (χ2v) is 4.01. The summed E-state index contributed by atoms with van der Waals surface area (Å²) in [5.74, 6) is -0.465. The molecule has 1 aromatic rings. The summed E-state index contributed by atoms with van der Waals surface area (Å²) >= 11 is 0. The molecule has 1 rings (SSSR count). The lowest BCUT2D eigenvalue weighted by atomic mass is 10.2. The largest absolute Gasteiger partial charge is 0.399 e. The number of nitrogen functional groups attached to an aromatic ring is 1. The lowest BCUT2D eigenvalue weighted by molar-refractivity contribution is -0.129. The van der Waals surface area contributed by atoms with Crippen molar-refractivity contribution in [2.75, 3.05) is 26.4 Å². The average Bonchev–Trinajstić information content (AvgIpc) is 2.33. The van der Waals surface area contributed by atoms with Gasteiger partial charge in [0.1, 0.15) is 0 Å². The number of carbonyl (C=O) groups is 2. The normalized spacial score (nSPS) is 10.3. The Hall–Kier alpha value is -2.30. The molecule has 5 nitrogen and oxygen atoms in total. The minimum atomic E-state index is -0.312. The number of hydrogen-bond donors (Lipinski definition) is 2. The van der Waals surface area contributed by atoms with Crippen LogP contribution in [0.5, 0.6) is 0 Å². The number of anilines is 1. The van der Waals surface area contributed by atoms with Gasteiger partial charge in [0.25, 0.3) is 0 Å². The predicted molar refractivity (Wildman–Crippen MR) is 71.6 cm³/mol. The third-order valence-electron chi connectivity index (χ3n) is 2.25. The maximum absolute atomic E-state index is 11.4. The van der Waals surface area contributed by atoms with Crippen LogP contribution in [0.15, 0.2) is 30.3 Å². The summed E-state index contributed by atoms with van der Waals surface area (Å²) in [6, 6.07) is 7.18. The highest BCUT2D eigenvalue weighted by Gasteiger charge is 2.04. The molecule has 0 saturated carbocycles. The Labute approximate surface area is 106 Å². The van der Waals surface area contributed by atoms with Crippen LogP contribution in [0.1, 0.15) is 5.56 Å². The molecule has 0 unspecified atom stereocenters. The van der Waals surface area contributed by atoms with Gasteiger partial charge in [-0.3, -0.25) is 9.59 Å². The van der Waals surface area contributed by atoms with Crippen LogP contribution in [-0.2, 0) is 9.59 Å². The van der Waals surface area contributed by atoms with Crippen LogP contribution in [0.2, 0.25) is 0 Å². The number of benzene rings is 1. The number of hydrogen-bond acceptors (Lipinski definition) is 3. The van der Waals surface area contributed by atoms with Gasteiger partial charge in [0.15, 0.2) is 0 Å². The van der Waals surface area contributed by atoms with Crippen LogP contribution >= 0.6 is 0 Å². The standard InChI is InChI=1S/C13H17N3O2/c1-16(2)13(18)9-15-12(17)7-6-10-4-3-5-11(14)8-10/h3-8H,9,14H2,1-2H3,(H,15,17)/b7-6+. The monoisotopic (exact) mass is 247 g/mol. The summed E-state index contributed by atoms with van der Waals surface area (Å²) in [5.41, 5.74) is 7.09. The van der Waals surface area contributed by atoms with Gasteiger partial charge in [-0.15, -0.1) is 0 Å². The Balaban J connectivity index is 2.47. The summed E-state index contributed by atoms with van der Waals surface area (Å²) in [7, 11) is 3.27. The fourth-order valence-corrected chi connectivity index (χ4v) is 1.21. The third kappa shape index (κ3) is 4.69. The van der Waals surface area contributed by atoms with Crippen molar-refractivity contribution in [3.63, 3.8) is 0 Å². The minimum Gasteiger partial charge on any atom is -0.399 e. The van der Waals surface area contributed by atoms with Gasteiger partial charge >= 0.3 is 0 Å². The van der Waals surface area contributed by atoms with Crippen LogP contribution < -0.4 is 11.1 Å². The van der Waals surface area contributed by atoms with Crippen molar-refractivity contribution >= 4 is 23.6 Å². The molecular weight excluding hydrogens is 230 g/mol. The zero-order chi connectivity index (χ0) is 13.5. The molecule has 0 spiro atoms. The molecule has 0 aliphatic rings. The van der Waals surface area contributed by atoms with Crippen LogP contribution in [0.3, 0.4) is 0 Å². The Morgan fingerprint density at radius 1 is 1.39 bits per heavy atom. The van der Waals surface area contributed by atoms with Crippen LogP contribution in [0.25, 0.3) is 6.08 Å². The molecule has 0 aromatic heterocycles. The van der Waals surface area contributed by atoms with E-state index in [-0.39, 0.29) is 18.4 Å². The smallest absolute Gasteiger partial charge is 0.244 e. The third-order valence-corrected chi connectivity index (χ3v) is 2.25. The zero-order valence-corrected chi connectivity index (χ0v) is 10.5. The Morgan fingerprint density at radius 2 is 2.11 bits per heavy atom. The van der Waals surface area contributed by atoms with Gasteiger partial charge in [-0.1, -0.05) is 12.1 Å². The second-order valence-electron chi connectivity index (χ2n) is 4.01. The first-order chi connectivity index (χ1) is 8.49. The zero-order valence-electron chi connectivity index (χ0n) is 10.5. The van der Waals surface area contributed by atoms with E-state index in [4.69, 9.17) is 5.73 Å². The molecule has 0 fully saturated rings. The number of likely N-dealkylation sites (N-methyl/N-ethyl adjacent to an activating group) is 1. The van der Waals surface area contributed by atoms with Crippen molar-refractivity contribution < 1.29 is 9.59 Å². The molecule has 0 radical (unpaired) electrons. The van der Waals surface area contributed by atoms with Gasteiger partial charge in [-0.2, -0.15) is 0 Å². The van der Waals surface area contributed by atoms with Crippen LogP contribution in [0, 0.1) is 0 Å². The molecule has 0 aliphatic heterocycles. The van der Waals surface area contributed by atoms with E-state index in [2.05, 4.69) is 5.32 Å². The second kappa shape index (κ2) is 6.44. The predicted octanol–water partition coefficient (Wildman–Crippen LogP) is 0.486. The average molecular weight is 247 g/mol. The first-order valence-corrected chi connectivity index (χ1v) is 5.50. The summed E-state index contributed by atoms with van der Waals surface area (Å²) in [5, 5.41) is 2.50. The molecular formula is C13H17N3O2. The fraction of sp³-hybridized carbons (Fsp3) is 0.231.